The van der Waals surface area contributed by atoms with Crippen molar-refractivity contribution in [1.29, 1.82) is 0 Å². The second kappa shape index (κ2) is 5.45. The molecule has 0 amide bonds. The molecule has 1 aromatic rings. The summed E-state index contributed by atoms with van der Waals surface area (Å²) in [7, 11) is 0. The van der Waals surface area contributed by atoms with Gasteiger partial charge in [0, 0.05) is 12.6 Å². The zero-order chi connectivity index (χ0) is 11.4. The number of aliphatic hydroxyl groups excluding tert-OH is 1. The monoisotopic (exact) mass is 323 g/mol. The van der Waals surface area contributed by atoms with Crippen molar-refractivity contribution in [3.05, 3.63) is 20.3 Å². The topological polar surface area (TPSA) is 78.0 Å². The number of aliphatic hydroxyl groups is 1. The van der Waals surface area contributed by atoms with Crippen LogP contribution < -0.4 is 10.9 Å². The van der Waals surface area contributed by atoms with E-state index in [0.29, 0.717) is 9.39 Å². The molecule has 2 unspecified atom stereocenters. The molecule has 0 saturated carbocycles. The maximum Gasteiger partial charge on any atom is 0.266 e. The Morgan fingerprint density at radius 1 is 1.67 bits per heavy atom. The lowest BCUT2D eigenvalue weighted by molar-refractivity contribution is 0.226. The highest BCUT2D eigenvalue weighted by Gasteiger charge is 2.13. The molecule has 0 radical (unpaired) electrons. The summed E-state index contributed by atoms with van der Waals surface area (Å²) in [6.45, 7) is 3.98. The van der Waals surface area contributed by atoms with E-state index in [1.807, 2.05) is 36.4 Å². The molecule has 84 valence electrons. The third-order valence-corrected chi connectivity index (χ3v) is 3.30. The summed E-state index contributed by atoms with van der Waals surface area (Å²) in [5, 5.41) is 12.1. The molecular weight excluding hydrogens is 309 g/mol. The lowest BCUT2D eigenvalue weighted by atomic mass is 10.1. The number of nitrogens with zero attached hydrogens (tertiary/aromatic N) is 1. The molecule has 0 aromatic carbocycles. The predicted octanol–water partition coefficient (Wildman–Crippen LogP) is 0.803. The standard InChI is InChI=1S/C9H14IN3O2/c1-5(3-14)6(2)13-8-7(10)9(15)12-4-11-8/h4-6,14H,3H2,1-2H3,(H2,11,12,13,15). The van der Waals surface area contributed by atoms with Gasteiger partial charge in [-0.1, -0.05) is 6.92 Å². The molecule has 0 aliphatic carbocycles. The Labute approximate surface area is 101 Å². The minimum Gasteiger partial charge on any atom is -0.396 e. The first-order valence-corrected chi connectivity index (χ1v) is 5.74. The van der Waals surface area contributed by atoms with Crippen molar-refractivity contribution in [1.82, 2.24) is 9.97 Å². The number of aromatic nitrogens is 2. The molecule has 15 heavy (non-hydrogen) atoms. The van der Waals surface area contributed by atoms with Gasteiger partial charge >= 0.3 is 0 Å². The highest BCUT2D eigenvalue weighted by atomic mass is 127. The summed E-state index contributed by atoms with van der Waals surface area (Å²) >= 11 is 1.94. The van der Waals surface area contributed by atoms with Crippen molar-refractivity contribution in [2.45, 2.75) is 19.9 Å². The van der Waals surface area contributed by atoms with Gasteiger partial charge in [0.2, 0.25) is 0 Å². The number of halogens is 1. The average molecular weight is 323 g/mol. The average Bonchev–Trinajstić information content (AvgIpc) is 2.23. The molecule has 0 bridgehead atoms. The van der Waals surface area contributed by atoms with Crippen LogP contribution in [0.4, 0.5) is 5.82 Å². The van der Waals surface area contributed by atoms with Crippen LogP contribution in [0.15, 0.2) is 11.1 Å². The van der Waals surface area contributed by atoms with Crippen molar-refractivity contribution in [2.75, 3.05) is 11.9 Å². The number of nitrogens with one attached hydrogen (secondary N) is 2. The number of aromatic amines is 1. The van der Waals surface area contributed by atoms with Gasteiger partial charge in [0.25, 0.3) is 5.56 Å². The Morgan fingerprint density at radius 2 is 2.33 bits per heavy atom. The molecule has 2 atom stereocenters. The van der Waals surface area contributed by atoms with Crippen molar-refractivity contribution in [2.24, 2.45) is 5.92 Å². The second-order valence-corrected chi connectivity index (χ2v) is 4.57. The Balaban J connectivity index is 2.81. The van der Waals surface area contributed by atoms with E-state index in [1.54, 1.807) is 0 Å². The Bertz CT molecular complexity index is 380. The summed E-state index contributed by atoms with van der Waals surface area (Å²) in [5.74, 6) is 0.675. The fourth-order valence-corrected chi connectivity index (χ4v) is 1.45. The smallest absolute Gasteiger partial charge is 0.266 e. The van der Waals surface area contributed by atoms with Crippen LogP contribution in [0, 0.1) is 9.49 Å². The molecule has 0 saturated heterocycles. The van der Waals surface area contributed by atoms with Crippen molar-refractivity contribution < 1.29 is 5.11 Å². The van der Waals surface area contributed by atoms with E-state index in [-0.39, 0.29) is 24.1 Å². The van der Waals surface area contributed by atoms with Gasteiger partial charge in [-0.15, -0.1) is 0 Å². The molecule has 1 heterocycles. The molecule has 3 N–H and O–H groups in total. The zero-order valence-corrected chi connectivity index (χ0v) is 10.8. The summed E-state index contributed by atoms with van der Waals surface area (Å²) < 4.78 is 0.534. The van der Waals surface area contributed by atoms with Crippen LogP contribution in [-0.4, -0.2) is 27.7 Å². The number of anilines is 1. The van der Waals surface area contributed by atoms with E-state index in [1.165, 1.54) is 6.33 Å². The largest absolute Gasteiger partial charge is 0.396 e. The third kappa shape index (κ3) is 3.16. The first-order chi connectivity index (χ1) is 7.06. The van der Waals surface area contributed by atoms with Crippen LogP contribution in [0.3, 0.4) is 0 Å². The molecule has 0 spiro atoms. The number of hydrogen-bond donors (Lipinski definition) is 3. The second-order valence-electron chi connectivity index (χ2n) is 3.49. The zero-order valence-electron chi connectivity index (χ0n) is 8.62. The maximum absolute atomic E-state index is 11.3. The van der Waals surface area contributed by atoms with Gasteiger partial charge < -0.3 is 15.4 Å². The Kier molecular flexibility index (Phi) is 4.52. The van der Waals surface area contributed by atoms with Crippen molar-refractivity contribution in [3.63, 3.8) is 0 Å². The normalized spacial score (nSPS) is 14.7. The van der Waals surface area contributed by atoms with Gasteiger partial charge in [0.1, 0.15) is 9.39 Å². The van der Waals surface area contributed by atoms with Gasteiger partial charge in [-0.25, -0.2) is 4.98 Å². The van der Waals surface area contributed by atoms with Gasteiger partial charge in [0.15, 0.2) is 0 Å². The molecule has 0 aliphatic heterocycles. The van der Waals surface area contributed by atoms with Crippen LogP contribution >= 0.6 is 22.6 Å². The maximum atomic E-state index is 11.3. The van der Waals surface area contributed by atoms with E-state index < -0.39 is 0 Å². The molecule has 0 aliphatic rings. The Morgan fingerprint density at radius 3 is 2.93 bits per heavy atom. The van der Waals surface area contributed by atoms with Crippen LogP contribution in [0.25, 0.3) is 0 Å². The van der Waals surface area contributed by atoms with Gasteiger partial charge in [-0.05, 0) is 35.4 Å². The van der Waals surface area contributed by atoms with E-state index in [4.69, 9.17) is 5.11 Å². The van der Waals surface area contributed by atoms with Crippen LogP contribution in [0.1, 0.15) is 13.8 Å². The quantitative estimate of drug-likeness (QED) is 0.717. The molecule has 5 nitrogen and oxygen atoms in total. The van der Waals surface area contributed by atoms with Crippen LogP contribution in [0.5, 0.6) is 0 Å². The number of H-pyrrole nitrogens is 1. The van der Waals surface area contributed by atoms with Crippen molar-refractivity contribution >= 4 is 28.4 Å². The van der Waals surface area contributed by atoms with Gasteiger partial charge in [0.05, 0.1) is 6.33 Å². The van der Waals surface area contributed by atoms with Gasteiger partial charge in [-0.3, -0.25) is 4.79 Å². The summed E-state index contributed by atoms with van der Waals surface area (Å²) in [6.07, 6.45) is 1.36. The first-order valence-electron chi connectivity index (χ1n) is 4.66. The summed E-state index contributed by atoms with van der Waals surface area (Å²) in [6, 6.07) is 0.0674. The van der Waals surface area contributed by atoms with Crippen LogP contribution in [-0.2, 0) is 0 Å². The summed E-state index contributed by atoms with van der Waals surface area (Å²) in [5.41, 5.74) is -0.156. The van der Waals surface area contributed by atoms with Crippen molar-refractivity contribution in [3.8, 4) is 0 Å². The highest BCUT2D eigenvalue weighted by Crippen LogP contribution is 2.13. The molecule has 1 aromatic heterocycles. The number of hydrogen-bond acceptors (Lipinski definition) is 4. The lowest BCUT2D eigenvalue weighted by Gasteiger charge is -2.20. The highest BCUT2D eigenvalue weighted by molar-refractivity contribution is 14.1. The van der Waals surface area contributed by atoms with Crippen LogP contribution in [0.2, 0.25) is 0 Å². The molecule has 1 rings (SSSR count). The Hall–Kier alpha value is -0.630. The molecule has 6 heteroatoms. The van der Waals surface area contributed by atoms with E-state index >= 15 is 0 Å². The SMILES string of the molecule is CC(CO)C(C)Nc1nc[nH]c(=O)c1I. The minimum atomic E-state index is -0.156. The fraction of sp³-hybridized carbons (Fsp3) is 0.556. The molecular formula is C9H14IN3O2. The van der Waals surface area contributed by atoms with E-state index in [9.17, 15) is 4.79 Å². The third-order valence-electron chi connectivity index (χ3n) is 2.30. The van der Waals surface area contributed by atoms with E-state index in [2.05, 4.69) is 15.3 Å². The lowest BCUT2D eigenvalue weighted by Crippen LogP contribution is -2.28. The minimum absolute atomic E-state index is 0.0674. The first kappa shape index (κ1) is 12.4. The number of rotatable bonds is 4. The molecule has 0 fully saturated rings. The van der Waals surface area contributed by atoms with Gasteiger partial charge in [-0.2, -0.15) is 0 Å². The summed E-state index contributed by atoms with van der Waals surface area (Å²) in [4.78, 5) is 17.8. The predicted molar refractivity (Wildman–Crippen MR) is 66.9 cm³/mol. The van der Waals surface area contributed by atoms with E-state index in [0.717, 1.165) is 0 Å². The fourth-order valence-electron chi connectivity index (χ4n) is 1.000.